The molecule has 3 aliphatic rings. The Balaban J connectivity index is 1.78. The Morgan fingerprint density at radius 3 is 2.17 bits per heavy atom. The molecule has 0 aliphatic heterocycles. The van der Waals surface area contributed by atoms with Crippen molar-refractivity contribution in [2.75, 3.05) is 13.2 Å². The van der Waals surface area contributed by atoms with Gasteiger partial charge in [0.1, 0.15) is 0 Å². The van der Waals surface area contributed by atoms with E-state index in [1.54, 1.807) is 13.8 Å². The van der Waals surface area contributed by atoms with Gasteiger partial charge in [0.15, 0.2) is 0 Å². The van der Waals surface area contributed by atoms with E-state index in [4.69, 9.17) is 9.47 Å². The van der Waals surface area contributed by atoms with Crippen LogP contribution in [0.15, 0.2) is 24.3 Å². The second-order valence-electron chi connectivity index (χ2n) is 8.23. The maximum absolute atomic E-state index is 11.9. The number of carbonyl (C=O) groups is 2. The van der Waals surface area contributed by atoms with E-state index in [2.05, 4.69) is 13.2 Å². The minimum Gasteiger partial charge on any atom is -0.462 e. The highest BCUT2D eigenvalue weighted by molar-refractivity contribution is 5.87. The Labute approximate surface area is 144 Å². The summed E-state index contributed by atoms with van der Waals surface area (Å²) < 4.78 is 11.2. The normalized spacial score (nSPS) is 36.2. The van der Waals surface area contributed by atoms with Gasteiger partial charge in [-0.1, -0.05) is 13.2 Å². The number of hydrogen-bond donors (Lipinski definition) is 0. The average molecular weight is 332 g/mol. The molecule has 0 aromatic heterocycles. The lowest BCUT2D eigenvalue weighted by molar-refractivity contribution is -0.196. The van der Waals surface area contributed by atoms with E-state index >= 15 is 0 Å². The summed E-state index contributed by atoms with van der Waals surface area (Å²) in [5.74, 6) is 0.677. The van der Waals surface area contributed by atoms with Crippen LogP contribution < -0.4 is 0 Å². The second kappa shape index (κ2) is 6.05. The van der Waals surface area contributed by atoms with Gasteiger partial charge in [0, 0.05) is 22.0 Å². The van der Waals surface area contributed by atoms with Crippen molar-refractivity contribution >= 4 is 11.9 Å². The van der Waals surface area contributed by atoms with Crippen molar-refractivity contribution in [3.63, 3.8) is 0 Å². The zero-order chi connectivity index (χ0) is 17.5. The SMILES string of the molecule is C=C(C)C(=O)OCC12CCC(CC3CCC31COC(=O)C(=C)C)C2. The van der Waals surface area contributed by atoms with E-state index in [0.717, 1.165) is 25.2 Å². The second-order valence-corrected chi connectivity index (χ2v) is 8.23. The summed E-state index contributed by atoms with van der Waals surface area (Å²) in [6.07, 6.45) is 6.80. The molecule has 0 N–H and O–H groups in total. The van der Waals surface area contributed by atoms with Crippen LogP contribution in [0.5, 0.6) is 0 Å². The molecule has 0 spiro atoms. The van der Waals surface area contributed by atoms with Crippen molar-refractivity contribution in [3.8, 4) is 0 Å². The number of fused-ring (bicyclic) bond motifs is 4. The summed E-state index contributed by atoms with van der Waals surface area (Å²) in [6, 6.07) is 0. The first-order valence-corrected chi connectivity index (χ1v) is 8.95. The van der Waals surface area contributed by atoms with E-state index in [1.807, 2.05) is 0 Å². The fourth-order valence-electron chi connectivity index (χ4n) is 5.29. The molecule has 2 bridgehead atoms. The molecule has 3 saturated carbocycles. The van der Waals surface area contributed by atoms with Crippen molar-refractivity contribution in [1.82, 2.24) is 0 Å². The zero-order valence-electron chi connectivity index (χ0n) is 14.9. The van der Waals surface area contributed by atoms with Crippen molar-refractivity contribution < 1.29 is 19.1 Å². The van der Waals surface area contributed by atoms with Crippen LogP contribution in [-0.4, -0.2) is 25.2 Å². The number of carbonyl (C=O) groups excluding carboxylic acids is 2. The van der Waals surface area contributed by atoms with E-state index in [1.165, 1.54) is 19.3 Å². The summed E-state index contributed by atoms with van der Waals surface area (Å²) in [5.41, 5.74) is 0.801. The third-order valence-corrected chi connectivity index (χ3v) is 6.74. The number of ether oxygens (including phenoxy) is 2. The molecule has 0 radical (unpaired) electrons. The summed E-state index contributed by atoms with van der Waals surface area (Å²) in [7, 11) is 0. The van der Waals surface area contributed by atoms with Gasteiger partial charge in [-0.3, -0.25) is 0 Å². The van der Waals surface area contributed by atoms with Gasteiger partial charge in [0.05, 0.1) is 13.2 Å². The summed E-state index contributed by atoms with van der Waals surface area (Å²) in [5, 5.41) is 0. The monoisotopic (exact) mass is 332 g/mol. The molecular formula is C20H28O4. The van der Waals surface area contributed by atoms with Gasteiger partial charge in [-0.15, -0.1) is 0 Å². The van der Waals surface area contributed by atoms with Crippen LogP contribution in [0, 0.1) is 22.7 Å². The van der Waals surface area contributed by atoms with E-state index in [9.17, 15) is 9.59 Å². The first-order chi connectivity index (χ1) is 11.3. The Kier molecular flexibility index (Phi) is 4.35. The quantitative estimate of drug-likeness (QED) is 0.548. The third-order valence-electron chi connectivity index (χ3n) is 6.74. The maximum atomic E-state index is 11.9. The van der Waals surface area contributed by atoms with Gasteiger partial charge in [-0.25, -0.2) is 9.59 Å². The van der Waals surface area contributed by atoms with E-state index < -0.39 is 0 Å². The minimum absolute atomic E-state index is 0.0273. The molecule has 0 aromatic rings. The van der Waals surface area contributed by atoms with Crippen LogP contribution in [0.3, 0.4) is 0 Å². The average Bonchev–Trinajstić information content (AvgIpc) is 2.90. The predicted octanol–water partition coefficient (Wildman–Crippen LogP) is 3.81. The van der Waals surface area contributed by atoms with Crippen LogP contribution in [0.25, 0.3) is 0 Å². The Hall–Kier alpha value is -1.58. The highest BCUT2D eigenvalue weighted by Crippen LogP contribution is 2.70. The van der Waals surface area contributed by atoms with Crippen molar-refractivity contribution in [2.45, 2.75) is 52.4 Å². The lowest BCUT2D eigenvalue weighted by atomic mass is 9.44. The molecule has 132 valence electrons. The van der Waals surface area contributed by atoms with Gasteiger partial charge in [0.2, 0.25) is 0 Å². The van der Waals surface area contributed by atoms with Crippen LogP contribution in [-0.2, 0) is 19.1 Å². The Bertz CT molecular complexity index is 562. The van der Waals surface area contributed by atoms with Gasteiger partial charge in [-0.2, -0.15) is 0 Å². The van der Waals surface area contributed by atoms with Crippen LogP contribution in [0.2, 0.25) is 0 Å². The minimum atomic E-state index is -0.316. The first-order valence-electron chi connectivity index (χ1n) is 8.95. The number of esters is 2. The lowest BCUT2D eigenvalue weighted by Crippen LogP contribution is -2.59. The molecule has 4 atom stereocenters. The van der Waals surface area contributed by atoms with Crippen LogP contribution in [0.1, 0.15) is 52.4 Å². The molecule has 24 heavy (non-hydrogen) atoms. The van der Waals surface area contributed by atoms with Gasteiger partial charge < -0.3 is 9.47 Å². The number of hydrogen-bond acceptors (Lipinski definition) is 4. The van der Waals surface area contributed by atoms with Crippen molar-refractivity contribution in [3.05, 3.63) is 24.3 Å². The largest absolute Gasteiger partial charge is 0.462 e. The topological polar surface area (TPSA) is 52.6 Å². The smallest absolute Gasteiger partial charge is 0.333 e. The first kappa shape index (κ1) is 17.2. The highest BCUT2D eigenvalue weighted by atomic mass is 16.5. The summed E-state index contributed by atoms with van der Waals surface area (Å²) >= 11 is 0. The zero-order valence-corrected chi connectivity index (χ0v) is 14.9. The van der Waals surface area contributed by atoms with Crippen molar-refractivity contribution in [1.29, 1.82) is 0 Å². The molecule has 4 nitrogen and oxygen atoms in total. The molecule has 3 fully saturated rings. The number of rotatable bonds is 6. The molecule has 0 amide bonds. The Morgan fingerprint density at radius 1 is 1.00 bits per heavy atom. The maximum Gasteiger partial charge on any atom is 0.333 e. The molecule has 0 saturated heterocycles. The molecule has 3 rings (SSSR count). The Morgan fingerprint density at radius 2 is 1.62 bits per heavy atom. The predicted molar refractivity (Wildman–Crippen MR) is 91.1 cm³/mol. The summed E-state index contributed by atoms with van der Waals surface area (Å²) in [6.45, 7) is 11.5. The lowest BCUT2D eigenvalue weighted by Gasteiger charge is -2.62. The molecular weight excluding hydrogens is 304 g/mol. The molecule has 3 aliphatic carbocycles. The summed E-state index contributed by atoms with van der Waals surface area (Å²) in [4.78, 5) is 23.8. The van der Waals surface area contributed by atoms with E-state index in [0.29, 0.717) is 30.3 Å². The third kappa shape index (κ3) is 2.60. The van der Waals surface area contributed by atoms with Gasteiger partial charge >= 0.3 is 11.9 Å². The van der Waals surface area contributed by atoms with Crippen LogP contribution >= 0.6 is 0 Å². The fourth-order valence-corrected chi connectivity index (χ4v) is 5.29. The highest BCUT2D eigenvalue weighted by Gasteiger charge is 2.66. The molecule has 0 aromatic carbocycles. The van der Waals surface area contributed by atoms with Crippen LogP contribution in [0.4, 0.5) is 0 Å². The molecule has 0 heterocycles. The van der Waals surface area contributed by atoms with Gasteiger partial charge in [0.25, 0.3) is 0 Å². The molecule has 4 heteroatoms. The standard InChI is InChI=1S/C20H28O4/c1-13(2)17(21)23-11-19-7-5-15(10-19)9-16-6-8-20(16,19)12-24-18(22)14(3)4/h15-16H,1,3,5-12H2,2,4H3. The fraction of sp³-hybridized carbons (Fsp3) is 0.700. The van der Waals surface area contributed by atoms with Crippen molar-refractivity contribution in [2.24, 2.45) is 22.7 Å². The van der Waals surface area contributed by atoms with E-state index in [-0.39, 0.29) is 22.8 Å². The van der Waals surface area contributed by atoms with Gasteiger partial charge in [-0.05, 0) is 64.2 Å². The molecule has 4 unspecified atom stereocenters.